The van der Waals surface area contributed by atoms with Crippen LogP contribution in [0.1, 0.15) is 19.6 Å². The lowest BCUT2D eigenvalue weighted by Crippen LogP contribution is -2.34. The monoisotopic (exact) mass is 353 g/mol. The zero-order valence-corrected chi connectivity index (χ0v) is 13.6. The molecular weight excluding hydrogens is 334 g/mol. The van der Waals surface area contributed by atoms with Crippen molar-refractivity contribution < 1.29 is 12.8 Å². The van der Waals surface area contributed by atoms with Crippen LogP contribution in [0.15, 0.2) is 20.0 Å². The Labute approximate surface area is 122 Å². The predicted octanol–water partition coefficient (Wildman–Crippen LogP) is 1.12. The van der Waals surface area contributed by atoms with Crippen molar-refractivity contribution >= 4 is 26.0 Å². The first-order valence-corrected chi connectivity index (χ1v) is 8.42. The van der Waals surface area contributed by atoms with Gasteiger partial charge in [0.15, 0.2) is 4.67 Å². The van der Waals surface area contributed by atoms with E-state index < -0.39 is 10.0 Å². The summed E-state index contributed by atoms with van der Waals surface area (Å²) in [7, 11) is -3.57. The van der Waals surface area contributed by atoms with E-state index in [0.717, 1.165) is 13.1 Å². The van der Waals surface area contributed by atoms with Crippen molar-refractivity contribution in [2.24, 2.45) is 5.73 Å². The first kappa shape index (κ1) is 16.6. The number of sulfonamides is 1. The number of hydrogen-bond donors (Lipinski definition) is 2. The van der Waals surface area contributed by atoms with Gasteiger partial charge in [0, 0.05) is 19.2 Å². The van der Waals surface area contributed by atoms with Gasteiger partial charge in [0.25, 0.3) is 0 Å². The highest BCUT2D eigenvalue weighted by molar-refractivity contribution is 9.10. The molecule has 110 valence electrons. The number of likely N-dealkylation sites (N-methyl/N-ethyl adjacent to an activating group) is 1. The lowest BCUT2D eigenvalue weighted by Gasteiger charge is -2.17. The summed E-state index contributed by atoms with van der Waals surface area (Å²) in [6, 6.07) is 1.43. The standard InChI is InChI=1S/C11H20BrN3O3S/c1-3-15(4-2)6-5-14-19(16,17)10-7-9(8-13)18-11(10)12/h7,14H,3-6,8,13H2,1-2H3. The van der Waals surface area contributed by atoms with Gasteiger partial charge in [-0.05, 0) is 29.0 Å². The average molecular weight is 354 g/mol. The van der Waals surface area contributed by atoms with E-state index in [9.17, 15) is 8.42 Å². The third kappa shape index (κ3) is 4.57. The molecule has 6 nitrogen and oxygen atoms in total. The van der Waals surface area contributed by atoms with E-state index in [2.05, 4.69) is 25.6 Å². The van der Waals surface area contributed by atoms with E-state index in [1.165, 1.54) is 6.07 Å². The summed E-state index contributed by atoms with van der Waals surface area (Å²) in [6.45, 7) is 7.06. The fraction of sp³-hybridized carbons (Fsp3) is 0.636. The average Bonchev–Trinajstić information content (AvgIpc) is 2.77. The van der Waals surface area contributed by atoms with Crippen molar-refractivity contribution in [1.29, 1.82) is 0 Å². The van der Waals surface area contributed by atoms with Crippen LogP contribution in [0.2, 0.25) is 0 Å². The van der Waals surface area contributed by atoms with Gasteiger partial charge < -0.3 is 15.1 Å². The molecule has 0 unspecified atom stereocenters. The maximum atomic E-state index is 12.1. The molecule has 0 saturated heterocycles. The molecule has 0 radical (unpaired) electrons. The summed E-state index contributed by atoms with van der Waals surface area (Å²) in [4.78, 5) is 2.23. The number of rotatable bonds is 8. The lowest BCUT2D eigenvalue weighted by molar-refractivity contribution is 0.309. The van der Waals surface area contributed by atoms with Crippen LogP contribution in [0, 0.1) is 0 Å². The van der Waals surface area contributed by atoms with Gasteiger partial charge in [-0.2, -0.15) is 0 Å². The smallest absolute Gasteiger partial charge is 0.245 e. The number of nitrogens with one attached hydrogen (secondary N) is 1. The van der Waals surface area contributed by atoms with E-state index in [4.69, 9.17) is 10.2 Å². The Kier molecular flexibility index (Phi) is 6.48. The summed E-state index contributed by atoms with van der Waals surface area (Å²) < 4.78 is 32.1. The Morgan fingerprint density at radius 3 is 2.53 bits per heavy atom. The van der Waals surface area contributed by atoms with Gasteiger partial charge in [-0.3, -0.25) is 0 Å². The van der Waals surface area contributed by atoms with Crippen LogP contribution < -0.4 is 10.5 Å². The fourth-order valence-electron chi connectivity index (χ4n) is 1.64. The maximum Gasteiger partial charge on any atom is 0.245 e. The highest BCUT2D eigenvalue weighted by Gasteiger charge is 2.21. The van der Waals surface area contributed by atoms with Crippen LogP contribution in [-0.4, -0.2) is 39.5 Å². The molecule has 0 saturated carbocycles. The van der Waals surface area contributed by atoms with Crippen molar-refractivity contribution in [2.75, 3.05) is 26.2 Å². The van der Waals surface area contributed by atoms with Crippen LogP contribution >= 0.6 is 15.9 Å². The Morgan fingerprint density at radius 1 is 1.42 bits per heavy atom. The zero-order valence-electron chi connectivity index (χ0n) is 11.1. The Bertz CT molecular complexity index is 497. The number of nitrogens with zero attached hydrogens (tertiary/aromatic N) is 1. The number of halogens is 1. The van der Waals surface area contributed by atoms with Gasteiger partial charge in [0.1, 0.15) is 10.7 Å². The summed E-state index contributed by atoms with van der Waals surface area (Å²) >= 11 is 3.09. The van der Waals surface area contributed by atoms with Gasteiger partial charge >= 0.3 is 0 Å². The van der Waals surface area contributed by atoms with E-state index in [-0.39, 0.29) is 16.1 Å². The topological polar surface area (TPSA) is 88.6 Å². The first-order chi connectivity index (χ1) is 8.94. The fourth-order valence-corrected chi connectivity index (χ4v) is 3.65. The molecule has 0 aliphatic rings. The molecule has 0 spiro atoms. The lowest BCUT2D eigenvalue weighted by atomic mass is 10.5. The van der Waals surface area contributed by atoms with Crippen molar-refractivity contribution in [3.05, 3.63) is 16.5 Å². The second-order valence-electron chi connectivity index (χ2n) is 3.98. The van der Waals surface area contributed by atoms with Crippen molar-refractivity contribution in [3.8, 4) is 0 Å². The number of furan rings is 1. The molecule has 0 aliphatic heterocycles. The van der Waals surface area contributed by atoms with Gasteiger partial charge in [-0.25, -0.2) is 13.1 Å². The second kappa shape index (κ2) is 7.39. The van der Waals surface area contributed by atoms with Gasteiger partial charge in [0.05, 0.1) is 6.54 Å². The molecule has 19 heavy (non-hydrogen) atoms. The molecular formula is C11H20BrN3O3S. The van der Waals surface area contributed by atoms with Gasteiger partial charge in [-0.15, -0.1) is 0 Å². The van der Waals surface area contributed by atoms with Crippen LogP contribution in [0.3, 0.4) is 0 Å². The number of hydrogen-bond acceptors (Lipinski definition) is 5. The summed E-state index contributed by atoms with van der Waals surface area (Å²) in [5.41, 5.74) is 5.41. The molecule has 0 amide bonds. The molecule has 0 fully saturated rings. The minimum atomic E-state index is -3.57. The Morgan fingerprint density at radius 2 is 2.05 bits per heavy atom. The highest BCUT2D eigenvalue weighted by Crippen LogP contribution is 2.25. The van der Waals surface area contributed by atoms with E-state index in [1.54, 1.807) is 0 Å². The van der Waals surface area contributed by atoms with E-state index in [1.807, 2.05) is 13.8 Å². The molecule has 0 bridgehead atoms. The second-order valence-corrected chi connectivity index (χ2v) is 6.44. The van der Waals surface area contributed by atoms with Crippen molar-refractivity contribution in [3.63, 3.8) is 0 Å². The van der Waals surface area contributed by atoms with Gasteiger partial charge in [0.2, 0.25) is 10.0 Å². The largest absolute Gasteiger partial charge is 0.452 e. The minimum absolute atomic E-state index is 0.0903. The van der Waals surface area contributed by atoms with E-state index in [0.29, 0.717) is 18.8 Å². The predicted molar refractivity (Wildman–Crippen MR) is 77.3 cm³/mol. The van der Waals surface area contributed by atoms with Crippen LogP contribution in [0.5, 0.6) is 0 Å². The molecule has 1 heterocycles. The molecule has 8 heteroatoms. The third-order valence-corrected chi connectivity index (χ3v) is 5.13. The summed E-state index contributed by atoms with van der Waals surface area (Å²) in [5.74, 6) is 0.427. The molecule has 1 rings (SSSR count). The van der Waals surface area contributed by atoms with Crippen molar-refractivity contribution in [2.45, 2.75) is 25.3 Å². The summed E-state index contributed by atoms with van der Waals surface area (Å²) in [5, 5.41) is 0. The molecule has 0 aliphatic carbocycles. The van der Waals surface area contributed by atoms with E-state index >= 15 is 0 Å². The van der Waals surface area contributed by atoms with Crippen LogP contribution in [0.25, 0.3) is 0 Å². The number of nitrogens with two attached hydrogens (primary N) is 1. The van der Waals surface area contributed by atoms with Crippen molar-refractivity contribution in [1.82, 2.24) is 9.62 Å². The summed E-state index contributed by atoms with van der Waals surface area (Å²) in [6.07, 6.45) is 0. The molecule has 1 aromatic heterocycles. The van der Waals surface area contributed by atoms with Crippen LogP contribution in [0.4, 0.5) is 0 Å². The molecule has 0 atom stereocenters. The molecule has 0 aromatic carbocycles. The third-order valence-electron chi connectivity index (χ3n) is 2.81. The zero-order chi connectivity index (χ0) is 14.5. The normalized spacial score (nSPS) is 12.3. The molecule has 1 aromatic rings. The highest BCUT2D eigenvalue weighted by atomic mass is 79.9. The minimum Gasteiger partial charge on any atom is -0.452 e. The Balaban J connectivity index is 2.68. The van der Waals surface area contributed by atoms with Gasteiger partial charge in [-0.1, -0.05) is 13.8 Å². The molecule has 3 N–H and O–H groups in total. The maximum absolute atomic E-state index is 12.1. The SMILES string of the molecule is CCN(CC)CCNS(=O)(=O)c1cc(CN)oc1Br. The quantitative estimate of drug-likeness (QED) is 0.730. The first-order valence-electron chi connectivity index (χ1n) is 6.14. The van der Waals surface area contributed by atoms with Crippen LogP contribution in [-0.2, 0) is 16.6 Å². The Hall–Kier alpha value is -0.410.